The summed E-state index contributed by atoms with van der Waals surface area (Å²) in [6.45, 7) is 3.61. The standard InChI is InChI=1S/C18H20F3N5O2S2/c1-11-16(12(2)26(25-11)15-6-7-30(27,28)10-15)9-22-24-17(29)23-14-5-3-4-13(8-14)18(19,20)21/h3-5,8-9,15H,6-7,10H2,1-2H3,(H2,23,24,29)/b22-9-/t15-/m0/s1. The zero-order valence-electron chi connectivity index (χ0n) is 16.2. The summed E-state index contributed by atoms with van der Waals surface area (Å²) < 4.78 is 63.5. The summed E-state index contributed by atoms with van der Waals surface area (Å²) in [5.41, 5.74) is 4.13. The van der Waals surface area contributed by atoms with Crippen LogP contribution in [0.5, 0.6) is 0 Å². The van der Waals surface area contributed by atoms with E-state index in [1.54, 1.807) is 11.6 Å². The number of sulfone groups is 1. The maximum Gasteiger partial charge on any atom is 0.416 e. The van der Waals surface area contributed by atoms with Gasteiger partial charge < -0.3 is 5.32 Å². The first-order chi connectivity index (χ1) is 14.0. The van der Waals surface area contributed by atoms with Crippen molar-refractivity contribution in [3.8, 4) is 0 Å². The molecule has 0 spiro atoms. The van der Waals surface area contributed by atoms with E-state index in [1.165, 1.54) is 18.3 Å². The minimum absolute atomic E-state index is 0.0233. The van der Waals surface area contributed by atoms with Gasteiger partial charge in [0.1, 0.15) is 0 Å². The van der Waals surface area contributed by atoms with Crippen LogP contribution in [0.3, 0.4) is 0 Å². The van der Waals surface area contributed by atoms with E-state index in [4.69, 9.17) is 12.2 Å². The normalized spacial score (nSPS) is 18.6. The molecule has 162 valence electrons. The molecular weight excluding hydrogens is 439 g/mol. The van der Waals surface area contributed by atoms with Crippen molar-refractivity contribution in [2.45, 2.75) is 32.5 Å². The van der Waals surface area contributed by atoms with Crippen molar-refractivity contribution in [1.82, 2.24) is 15.2 Å². The van der Waals surface area contributed by atoms with E-state index in [0.29, 0.717) is 17.7 Å². The highest BCUT2D eigenvalue weighted by Crippen LogP contribution is 2.30. The lowest BCUT2D eigenvalue weighted by Crippen LogP contribution is -2.24. The second-order valence-corrected chi connectivity index (χ2v) is 9.63. The van der Waals surface area contributed by atoms with Crippen LogP contribution < -0.4 is 10.7 Å². The summed E-state index contributed by atoms with van der Waals surface area (Å²) in [6, 6.07) is 4.46. The molecule has 3 rings (SSSR count). The number of aromatic nitrogens is 2. The first-order valence-electron chi connectivity index (χ1n) is 9.00. The van der Waals surface area contributed by atoms with Gasteiger partial charge in [0.05, 0.1) is 35.0 Å². The number of thiocarbonyl (C=S) groups is 1. The Morgan fingerprint density at radius 1 is 1.37 bits per heavy atom. The van der Waals surface area contributed by atoms with Gasteiger partial charge in [-0.3, -0.25) is 10.1 Å². The zero-order chi connectivity index (χ0) is 22.1. The van der Waals surface area contributed by atoms with Gasteiger partial charge in [-0.15, -0.1) is 0 Å². The minimum atomic E-state index is -4.45. The van der Waals surface area contributed by atoms with E-state index in [9.17, 15) is 21.6 Å². The van der Waals surface area contributed by atoms with Crippen LogP contribution in [-0.4, -0.2) is 41.0 Å². The average Bonchev–Trinajstić information content (AvgIpc) is 3.14. The first-order valence-corrected chi connectivity index (χ1v) is 11.2. The van der Waals surface area contributed by atoms with E-state index in [2.05, 4.69) is 20.9 Å². The number of nitrogens with zero attached hydrogens (tertiary/aromatic N) is 3. The molecule has 1 aliphatic rings. The molecule has 0 radical (unpaired) electrons. The molecule has 2 heterocycles. The monoisotopic (exact) mass is 459 g/mol. The molecule has 0 amide bonds. The van der Waals surface area contributed by atoms with Gasteiger partial charge in [0.2, 0.25) is 0 Å². The van der Waals surface area contributed by atoms with Crippen molar-refractivity contribution >= 4 is 39.1 Å². The van der Waals surface area contributed by atoms with Crippen molar-refractivity contribution in [2.24, 2.45) is 5.10 Å². The molecule has 30 heavy (non-hydrogen) atoms. The van der Waals surface area contributed by atoms with Crippen molar-refractivity contribution in [1.29, 1.82) is 0 Å². The fraction of sp³-hybridized carbons (Fsp3) is 0.389. The molecule has 0 aliphatic carbocycles. The third kappa shape index (κ3) is 5.17. The van der Waals surface area contributed by atoms with Crippen LogP contribution in [0.1, 0.15) is 35.0 Å². The van der Waals surface area contributed by atoms with E-state index in [0.717, 1.165) is 17.8 Å². The van der Waals surface area contributed by atoms with Crippen LogP contribution >= 0.6 is 12.2 Å². The van der Waals surface area contributed by atoms with Crippen LogP contribution in [0.15, 0.2) is 29.4 Å². The highest BCUT2D eigenvalue weighted by molar-refractivity contribution is 7.91. The predicted molar refractivity (Wildman–Crippen MR) is 112 cm³/mol. The number of halogens is 3. The van der Waals surface area contributed by atoms with Crippen molar-refractivity contribution in [2.75, 3.05) is 16.8 Å². The van der Waals surface area contributed by atoms with Crippen LogP contribution in [0.2, 0.25) is 0 Å². The topological polar surface area (TPSA) is 88.4 Å². The molecule has 12 heteroatoms. The Labute approximate surface area is 177 Å². The summed E-state index contributed by atoms with van der Waals surface area (Å²) in [4.78, 5) is 0. The Balaban J connectivity index is 1.65. The number of benzene rings is 1. The number of hydrogen-bond donors (Lipinski definition) is 2. The number of hydrogen-bond acceptors (Lipinski definition) is 5. The lowest BCUT2D eigenvalue weighted by Gasteiger charge is -2.11. The van der Waals surface area contributed by atoms with Crippen molar-refractivity contribution in [3.05, 3.63) is 46.8 Å². The van der Waals surface area contributed by atoms with Crippen molar-refractivity contribution in [3.63, 3.8) is 0 Å². The Kier molecular flexibility index (Phi) is 6.18. The Hall–Kier alpha value is -2.47. The molecular formula is C18H20F3N5O2S2. The third-order valence-corrected chi connectivity index (χ3v) is 6.69. The maximum absolute atomic E-state index is 12.8. The van der Waals surface area contributed by atoms with Gasteiger partial charge in [0.15, 0.2) is 14.9 Å². The maximum atomic E-state index is 12.8. The summed E-state index contributed by atoms with van der Waals surface area (Å²) in [5, 5.41) is 11.1. The Bertz CT molecular complexity index is 1090. The van der Waals surface area contributed by atoms with Gasteiger partial charge in [-0.25, -0.2) is 8.42 Å². The van der Waals surface area contributed by atoms with Crippen LogP contribution in [0.25, 0.3) is 0 Å². The summed E-state index contributed by atoms with van der Waals surface area (Å²) in [5.74, 6) is 0.214. The third-order valence-electron chi connectivity index (χ3n) is 4.74. The van der Waals surface area contributed by atoms with E-state index >= 15 is 0 Å². The molecule has 1 atom stereocenters. The molecule has 2 N–H and O–H groups in total. The van der Waals surface area contributed by atoms with E-state index in [-0.39, 0.29) is 28.3 Å². The quantitative estimate of drug-likeness (QED) is 0.415. The molecule has 0 saturated carbocycles. The smallest absolute Gasteiger partial charge is 0.331 e. The van der Waals surface area contributed by atoms with Crippen molar-refractivity contribution < 1.29 is 21.6 Å². The molecule has 1 aromatic carbocycles. The summed E-state index contributed by atoms with van der Waals surface area (Å²) in [6.07, 6.45) is -2.43. The number of nitrogens with one attached hydrogen (secondary N) is 2. The van der Waals surface area contributed by atoms with E-state index in [1.807, 2.05) is 6.92 Å². The first kappa shape index (κ1) is 22.2. The lowest BCUT2D eigenvalue weighted by molar-refractivity contribution is -0.137. The van der Waals surface area contributed by atoms with Crippen LogP contribution in [0.4, 0.5) is 18.9 Å². The van der Waals surface area contributed by atoms with E-state index < -0.39 is 21.6 Å². The van der Waals surface area contributed by atoms with Gasteiger partial charge >= 0.3 is 6.18 Å². The molecule has 7 nitrogen and oxygen atoms in total. The molecule has 0 unspecified atom stereocenters. The van der Waals surface area contributed by atoms with Crippen LogP contribution in [0, 0.1) is 13.8 Å². The summed E-state index contributed by atoms with van der Waals surface area (Å²) >= 11 is 5.07. The van der Waals surface area contributed by atoms with Crippen LogP contribution in [-0.2, 0) is 16.0 Å². The lowest BCUT2D eigenvalue weighted by atomic mass is 10.2. The van der Waals surface area contributed by atoms with Gasteiger partial charge in [-0.2, -0.15) is 23.4 Å². The zero-order valence-corrected chi connectivity index (χ0v) is 17.8. The molecule has 1 fully saturated rings. The highest BCUT2D eigenvalue weighted by Gasteiger charge is 2.31. The number of rotatable bonds is 4. The minimum Gasteiger partial charge on any atom is -0.331 e. The molecule has 2 aromatic rings. The number of aryl methyl sites for hydroxylation is 1. The fourth-order valence-electron chi connectivity index (χ4n) is 3.27. The average molecular weight is 460 g/mol. The largest absolute Gasteiger partial charge is 0.416 e. The predicted octanol–water partition coefficient (Wildman–Crippen LogP) is 3.20. The van der Waals surface area contributed by atoms with Gasteiger partial charge in [0.25, 0.3) is 0 Å². The molecule has 1 aliphatic heterocycles. The number of alkyl halides is 3. The Morgan fingerprint density at radius 2 is 2.10 bits per heavy atom. The molecule has 1 saturated heterocycles. The molecule has 1 aromatic heterocycles. The SMILES string of the molecule is Cc1nn([C@H]2CCS(=O)(=O)C2)c(C)c1/C=N\NC(=S)Nc1cccc(C(F)(F)F)c1. The fourth-order valence-corrected chi connectivity index (χ4v) is 5.14. The number of anilines is 1. The number of hydrazone groups is 1. The second-order valence-electron chi connectivity index (χ2n) is 6.99. The second kappa shape index (κ2) is 8.34. The Morgan fingerprint density at radius 3 is 2.73 bits per heavy atom. The van der Waals surface area contributed by atoms with Gasteiger partial charge in [0, 0.05) is 16.9 Å². The van der Waals surface area contributed by atoms with Gasteiger partial charge in [-0.05, 0) is 50.7 Å². The molecule has 0 bridgehead atoms. The highest BCUT2D eigenvalue weighted by atomic mass is 32.2. The van der Waals surface area contributed by atoms with Gasteiger partial charge in [-0.1, -0.05) is 6.07 Å². The summed E-state index contributed by atoms with van der Waals surface area (Å²) in [7, 11) is -3.04.